The minimum Gasteiger partial charge on any atom is -0.469 e. The minimum absolute atomic E-state index is 0.207. The Hall–Kier alpha value is -1.30. The number of nitrogens with zero attached hydrogens (tertiary/aromatic N) is 2. The summed E-state index contributed by atoms with van der Waals surface area (Å²) in [6.45, 7) is 0. The molecule has 0 amide bonds. The summed E-state index contributed by atoms with van der Waals surface area (Å²) < 4.78 is 4.57. The lowest BCUT2D eigenvalue weighted by Gasteiger charge is -2.04. The number of methoxy groups -OCH3 is 1. The van der Waals surface area contributed by atoms with Gasteiger partial charge in [-0.3, -0.25) is 4.79 Å². The van der Waals surface area contributed by atoms with Crippen LogP contribution in [0.25, 0.3) is 0 Å². The third-order valence-corrected chi connectivity index (χ3v) is 3.38. The summed E-state index contributed by atoms with van der Waals surface area (Å²) in [5.74, 6) is 2.26. The Morgan fingerprint density at radius 2 is 2.35 bits per heavy atom. The van der Waals surface area contributed by atoms with Crippen molar-refractivity contribution >= 4 is 23.5 Å². The molecule has 1 fully saturated rings. The normalized spacial score (nSPS) is 14.6. The van der Waals surface area contributed by atoms with Gasteiger partial charge in [0.1, 0.15) is 16.7 Å². The Balaban J connectivity index is 1.93. The Labute approximate surface area is 104 Å². The second-order valence-corrected chi connectivity index (χ2v) is 5.05. The molecule has 6 heteroatoms. The molecule has 1 aromatic rings. The summed E-state index contributed by atoms with van der Waals surface area (Å²) in [5, 5.41) is 0.836. The third kappa shape index (κ3) is 3.59. The highest BCUT2D eigenvalue weighted by Gasteiger charge is 2.27. The van der Waals surface area contributed by atoms with Crippen LogP contribution in [0.5, 0.6) is 0 Å². The molecule has 2 rings (SSSR count). The van der Waals surface area contributed by atoms with E-state index in [9.17, 15) is 4.79 Å². The molecular weight excluding hydrogens is 238 g/mol. The summed E-state index contributed by atoms with van der Waals surface area (Å²) in [6, 6.07) is 1.74. The van der Waals surface area contributed by atoms with Crippen LogP contribution in [0.4, 0.5) is 5.82 Å². The van der Waals surface area contributed by atoms with Crippen molar-refractivity contribution in [2.75, 3.05) is 18.6 Å². The number of hydrogen-bond donors (Lipinski definition) is 1. The number of nitrogens with two attached hydrogens (primary N) is 1. The van der Waals surface area contributed by atoms with Crippen LogP contribution >= 0.6 is 11.8 Å². The molecule has 1 aromatic heterocycles. The number of nitrogen functional groups attached to an aromatic ring is 1. The van der Waals surface area contributed by atoms with Gasteiger partial charge in [0, 0.05) is 17.7 Å². The Kier molecular flexibility index (Phi) is 3.83. The number of carbonyl (C=O) groups excluding carboxylic acids is 1. The van der Waals surface area contributed by atoms with Crippen molar-refractivity contribution < 1.29 is 9.53 Å². The van der Waals surface area contributed by atoms with Gasteiger partial charge in [0.2, 0.25) is 0 Å². The van der Waals surface area contributed by atoms with Crippen molar-refractivity contribution in [3.8, 4) is 0 Å². The molecule has 2 N–H and O–H groups in total. The van der Waals surface area contributed by atoms with Crippen LogP contribution in [-0.4, -0.2) is 28.8 Å². The van der Waals surface area contributed by atoms with Crippen LogP contribution in [0.15, 0.2) is 11.1 Å². The van der Waals surface area contributed by atoms with Gasteiger partial charge in [-0.1, -0.05) is 0 Å². The predicted octanol–water partition coefficient (Wildman–Crippen LogP) is 1.59. The zero-order valence-electron chi connectivity index (χ0n) is 9.68. The van der Waals surface area contributed by atoms with E-state index in [0.717, 1.165) is 23.7 Å². The van der Waals surface area contributed by atoms with E-state index < -0.39 is 0 Å². The fraction of sp³-hybridized carbons (Fsp3) is 0.545. The molecule has 0 spiro atoms. The van der Waals surface area contributed by atoms with E-state index >= 15 is 0 Å². The van der Waals surface area contributed by atoms with Gasteiger partial charge in [0.05, 0.1) is 13.5 Å². The maximum absolute atomic E-state index is 11.0. The zero-order chi connectivity index (χ0) is 12.3. The van der Waals surface area contributed by atoms with Gasteiger partial charge in [0.25, 0.3) is 0 Å². The van der Waals surface area contributed by atoms with E-state index in [1.807, 2.05) is 0 Å². The van der Waals surface area contributed by atoms with Crippen LogP contribution in [0, 0.1) is 0 Å². The number of esters is 1. The topological polar surface area (TPSA) is 78.1 Å². The first-order valence-electron chi connectivity index (χ1n) is 5.53. The number of anilines is 1. The van der Waals surface area contributed by atoms with E-state index in [-0.39, 0.29) is 5.97 Å². The van der Waals surface area contributed by atoms with Gasteiger partial charge in [-0.05, 0) is 12.8 Å². The van der Waals surface area contributed by atoms with Crippen molar-refractivity contribution in [1.82, 2.24) is 9.97 Å². The summed E-state index contributed by atoms with van der Waals surface area (Å²) in [4.78, 5) is 19.6. The van der Waals surface area contributed by atoms with Crippen molar-refractivity contribution in [2.45, 2.75) is 30.2 Å². The minimum atomic E-state index is -0.207. The Morgan fingerprint density at radius 3 is 3.00 bits per heavy atom. The average Bonchev–Trinajstić information content (AvgIpc) is 3.12. The molecule has 0 unspecified atom stereocenters. The fourth-order valence-electron chi connectivity index (χ4n) is 1.40. The lowest BCUT2D eigenvalue weighted by Crippen LogP contribution is -2.02. The molecule has 1 heterocycles. The highest BCUT2D eigenvalue weighted by atomic mass is 32.2. The highest BCUT2D eigenvalue weighted by molar-refractivity contribution is 7.99. The fourth-order valence-corrected chi connectivity index (χ4v) is 2.24. The first-order chi connectivity index (χ1) is 8.19. The van der Waals surface area contributed by atoms with Gasteiger partial charge >= 0.3 is 5.97 Å². The molecular formula is C11H15N3O2S. The first-order valence-corrected chi connectivity index (χ1v) is 6.51. The zero-order valence-corrected chi connectivity index (χ0v) is 10.5. The smallest absolute Gasteiger partial charge is 0.306 e. The van der Waals surface area contributed by atoms with Gasteiger partial charge in [-0.15, -0.1) is 11.8 Å². The Bertz CT molecular complexity index is 421. The monoisotopic (exact) mass is 253 g/mol. The van der Waals surface area contributed by atoms with Crippen molar-refractivity contribution in [3.05, 3.63) is 11.9 Å². The van der Waals surface area contributed by atoms with E-state index in [4.69, 9.17) is 5.73 Å². The molecule has 0 radical (unpaired) electrons. The molecule has 5 nitrogen and oxygen atoms in total. The number of hydrogen-bond acceptors (Lipinski definition) is 6. The summed E-state index contributed by atoms with van der Waals surface area (Å²) >= 11 is 1.51. The third-order valence-electron chi connectivity index (χ3n) is 2.47. The van der Waals surface area contributed by atoms with Crippen molar-refractivity contribution in [3.63, 3.8) is 0 Å². The molecule has 0 saturated heterocycles. The summed E-state index contributed by atoms with van der Waals surface area (Å²) in [6.07, 6.45) is 2.68. The molecule has 0 bridgehead atoms. The first kappa shape index (κ1) is 12.2. The number of carbonyl (C=O) groups is 1. The van der Waals surface area contributed by atoms with Gasteiger partial charge < -0.3 is 10.5 Å². The summed E-state index contributed by atoms with van der Waals surface area (Å²) in [7, 11) is 1.39. The van der Waals surface area contributed by atoms with Gasteiger partial charge in [-0.2, -0.15) is 0 Å². The standard InChI is InChI=1S/C11H15N3O2S/c1-16-10(15)4-5-17-9-6-8(12)13-11(14-9)7-2-3-7/h6-7H,2-5H2,1H3,(H2,12,13,14). The van der Waals surface area contributed by atoms with E-state index in [1.165, 1.54) is 18.9 Å². The molecule has 0 aliphatic heterocycles. The maximum Gasteiger partial charge on any atom is 0.306 e. The van der Waals surface area contributed by atoms with Crippen LogP contribution < -0.4 is 5.73 Å². The molecule has 1 aliphatic rings. The second kappa shape index (κ2) is 5.35. The van der Waals surface area contributed by atoms with Crippen LogP contribution in [0.3, 0.4) is 0 Å². The molecule has 1 saturated carbocycles. The summed E-state index contributed by atoms with van der Waals surface area (Å²) in [5.41, 5.74) is 5.73. The van der Waals surface area contributed by atoms with Crippen molar-refractivity contribution in [1.29, 1.82) is 0 Å². The number of aromatic nitrogens is 2. The Morgan fingerprint density at radius 1 is 1.59 bits per heavy atom. The quantitative estimate of drug-likeness (QED) is 0.488. The second-order valence-electron chi connectivity index (χ2n) is 3.94. The van der Waals surface area contributed by atoms with E-state index in [2.05, 4.69) is 14.7 Å². The largest absolute Gasteiger partial charge is 0.469 e. The van der Waals surface area contributed by atoms with Crippen LogP contribution in [0.2, 0.25) is 0 Å². The lowest BCUT2D eigenvalue weighted by molar-refractivity contribution is -0.140. The average molecular weight is 253 g/mol. The molecule has 17 heavy (non-hydrogen) atoms. The molecule has 92 valence electrons. The highest BCUT2D eigenvalue weighted by Crippen LogP contribution is 2.38. The van der Waals surface area contributed by atoms with Gasteiger partial charge in [-0.25, -0.2) is 9.97 Å². The lowest BCUT2D eigenvalue weighted by atomic mass is 10.4. The van der Waals surface area contributed by atoms with E-state index in [1.54, 1.807) is 6.07 Å². The number of rotatable bonds is 5. The number of ether oxygens (including phenoxy) is 1. The SMILES string of the molecule is COC(=O)CCSc1cc(N)nc(C2CC2)n1. The van der Waals surface area contributed by atoms with Crippen molar-refractivity contribution in [2.24, 2.45) is 0 Å². The van der Waals surface area contributed by atoms with Crippen LogP contribution in [0.1, 0.15) is 31.0 Å². The van der Waals surface area contributed by atoms with E-state index in [0.29, 0.717) is 23.9 Å². The molecule has 1 aliphatic carbocycles. The number of thioether (sulfide) groups is 1. The predicted molar refractivity (Wildman–Crippen MR) is 65.8 cm³/mol. The molecule has 0 aromatic carbocycles. The van der Waals surface area contributed by atoms with Crippen LogP contribution in [-0.2, 0) is 9.53 Å². The maximum atomic E-state index is 11.0. The molecule has 0 atom stereocenters. The van der Waals surface area contributed by atoms with Gasteiger partial charge in [0.15, 0.2) is 0 Å².